The van der Waals surface area contributed by atoms with Crippen molar-refractivity contribution in [2.24, 2.45) is 11.8 Å². The van der Waals surface area contributed by atoms with Gasteiger partial charge in [0.25, 0.3) is 0 Å². The Hall–Kier alpha value is -2.10. The monoisotopic (exact) mass is 476 g/mol. The minimum atomic E-state index is -0.283. The van der Waals surface area contributed by atoms with E-state index in [1.165, 1.54) is 12.1 Å². The minimum absolute atomic E-state index is 0.0235. The fourth-order valence-corrected chi connectivity index (χ4v) is 4.18. The Balaban J connectivity index is 1.74. The van der Waals surface area contributed by atoms with Crippen molar-refractivity contribution in [3.63, 3.8) is 0 Å². The number of carbonyl (C=O) groups is 1. The number of amides is 1. The fraction of sp³-hybridized carbons (Fsp3) is 0.625. The van der Waals surface area contributed by atoms with E-state index in [0.29, 0.717) is 17.4 Å². The molecule has 1 fully saturated rings. The molecule has 0 aliphatic carbocycles. The van der Waals surface area contributed by atoms with Crippen LogP contribution in [0.2, 0.25) is 0 Å². The second kappa shape index (κ2) is 10.9. The van der Waals surface area contributed by atoms with Crippen LogP contribution >= 0.6 is 12.2 Å². The van der Waals surface area contributed by atoms with Gasteiger partial charge in [-0.25, -0.2) is 9.07 Å². The first-order valence-electron chi connectivity index (χ1n) is 11.7. The van der Waals surface area contributed by atoms with Gasteiger partial charge in [0.15, 0.2) is 5.82 Å². The van der Waals surface area contributed by atoms with Gasteiger partial charge in [0.2, 0.25) is 10.7 Å². The van der Waals surface area contributed by atoms with E-state index in [1.807, 2.05) is 23.3 Å². The number of halogens is 1. The Kier molecular flexibility index (Phi) is 8.42. The highest BCUT2D eigenvalue weighted by Crippen LogP contribution is 2.23. The van der Waals surface area contributed by atoms with Crippen LogP contribution in [0.3, 0.4) is 0 Å². The predicted octanol–water partition coefficient (Wildman–Crippen LogP) is 4.00. The lowest BCUT2D eigenvalue weighted by Gasteiger charge is -2.32. The van der Waals surface area contributed by atoms with Crippen molar-refractivity contribution in [2.45, 2.75) is 59.3 Å². The molecule has 1 saturated heterocycles. The number of hydrogen-bond acceptors (Lipinski definition) is 5. The maximum absolute atomic E-state index is 13.5. The van der Waals surface area contributed by atoms with E-state index >= 15 is 0 Å². The maximum atomic E-state index is 13.5. The van der Waals surface area contributed by atoms with Crippen molar-refractivity contribution < 1.29 is 9.18 Å². The average molecular weight is 477 g/mol. The normalized spacial score (nSPS) is 17.5. The lowest BCUT2D eigenvalue weighted by Crippen LogP contribution is -2.44. The largest absolute Gasteiger partial charge is 0.353 e. The van der Waals surface area contributed by atoms with Crippen molar-refractivity contribution in [2.75, 3.05) is 27.2 Å². The molecule has 9 heteroatoms. The number of piperidine rings is 1. The molecule has 0 radical (unpaired) electrons. The van der Waals surface area contributed by atoms with Gasteiger partial charge >= 0.3 is 0 Å². The van der Waals surface area contributed by atoms with E-state index in [-0.39, 0.29) is 29.7 Å². The van der Waals surface area contributed by atoms with Gasteiger partial charge in [-0.2, -0.15) is 5.10 Å². The van der Waals surface area contributed by atoms with Crippen LogP contribution in [0.15, 0.2) is 24.3 Å². The van der Waals surface area contributed by atoms with E-state index in [2.05, 4.69) is 42.8 Å². The molecule has 1 N–H and O–H groups in total. The first-order valence-corrected chi connectivity index (χ1v) is 12.1. The number of nitrogens with zero attached hydrogens (tertiary/aromatic N) is 5. The number of hydrogen-bond donors (Lipinski definition) is 1. The Labute approximate surface area is 201 Å². The summed E-state index contributed by atoms with van der Waals surface area (Å²) in [6, 6.07) is 6.54. The SMILES string of the molecule is CC(C)C(C)NC(=O)C1CCN(Cn2nc(C(C)N(C)C)n(-c3ccc(F)cc3)c2=S)CC1. The molecular formula is C24H37FN6OS. The maximum Gasteiger partial charge on any atom is 0.223 e. The van der Waals surface area contributed by atoms with Crippen LogP contribution in [0.25, 0.3) is 5.69 Å². The van der Waals surface area contributed by atoms with E-state index in [1.54, 1.807) is 12.1 Å². The number of benzene rings is 1. The summed E-state index contributed by atoms with van der Waals surface area (Å²) >= 11 is 5.80. The molecule has 1 aromatic heterocycles. The van der Waals surface area contributed by atoms with Crippen LogP contribution in [0.1, 0.15) is 52.4 Å². The molecule has 1 aliphatic rings. The van der Waals surface area contributed by atoms with Crippen molar-refractivity contribution in [3.05, 3.63) is 40.7 Å². The molecule has 0 spiro atoms. The van der Waals surface area contributed by atoms with E-state index in [0.717, 1.165) is 37.4 Å². The Morgan fingerprint density at radius 2 is 1.79 bits per heavy atom. The number of likely N-dealkylation sites (tertiary alicyclic amines) is 1. The van der Waals surface area contributed by atoms with Gasteiger partial charge in [0, 0.05) is 30.7 Å². The second-order valence-corrected chi connectivity index (χ2v) is 10.0. The third-order valence-corrected chi connectivity index (χ3v) is 7.15. The highest BCUT2D eigenvalue weighted by molar-refractivity contribution is 7.71. The highest BCUT2D eigenvalue weighted by atomic mass is 32.1. The van der Waals surface area contributed by atoms with Crippen LogP contribution in [0, 0.1) is 22.4 Å². The Morgan fingerprint density at radius 1 is 1.18 bits per heavy atom. The molecule has 2 unspecified atom stereocenters. The number of carbonyl (C=O) groups excluding carboxylic acids is 1. The van der Waals surface area contributed by atoms with Crippen molar-refractivity contribution >= 4 is 18.1 Å². The topological polar surface area (TPSA) is 58.3 Å². The molecule has 7 nitrogen and oxygen atoms in total. The van der Waals surface area contributed by atoms with Crippen molar-refractivity contribution in [3.8, 4) is 5.69 Å². The lowest BCUT2D eigenvalue weighted by atomic mass is 9.95. The summed E-state index contributed by atoms with van der Waals surface area (Å²) in [7, 11) is 4.00. The predicted molar refractivity (Wildman–Crippen MR) is 131 cm³/mol. The van der Waals surface area contributed by atoms with Crippen LogP contribution < -0.4 is 5.32 Å². The Bertz CT molecular complexity index is 991. The number of nitrogens with one attached hydrogen (secondary N) is 1. The van der Waals surface area contributed by atoms with E-state index < -0.39 is 0 Å². The highest BCUT2D eigenvalue weighted by Gasteiger charge is 2.27. The second-order valence-electron chi connectivity index (χ2n) is 9.67. The zero-order valence-electron chi connectivity index (χ0n) is 20.6. The first kappa shape index (κ1) is 25.5. The molecule has 182 valence electrons. The van der Waals surface area contributed by atoms with Crippen LogP contribution in [-0.4, -0.2) is 63.3 Å². The zero-order valence-corrected chi connectivity index (χ0v) is 21.4. The lowest BCUT2D eigenvalue weighted by molar-refractivity contribution is -0.127. The molecule has 2 aromatic rings. The van der Waals surface area contributed by atoms with Gasteiger partial charge in [-0.3, -0.25) is 19.2 Å². The standard InChI is InChI=1S/C24H37FN6OS/c1-16(2)17(3)26-23(32)19-11-13-29(14-12-19)15-30-24(33)31(21-9-7-20(25)8-10-21)22(27-30)18(4)28(5)6/h7-10,16-19H,11-15H2,1-6H3,(H,26,32). The average Bonchev–Trinajstić information content (AvgIpc) is 3.09. The van der Waals surface area contributed by atoms with Crippen LogP contribution in [0.5, 0.6) is 0 Å². The molecule has 2 atom stereocenters. The van der Waals surface area contributed by atoms with Gasteiger partial charge in [0.05, 0.1) is 12.7 Å². The van der Waals surface area contributed by atoms with E-state index in [9.17, 15) is 9.18 Å². The first-order chi connectivity index (χ1) is 15.6. The summed E-state index contributed by atoms with van der Waals surface area (Å²) in [6.07, 6.45) is 1.65. The number of aromatic nitrogens is 3. The van der Waals surface area contributed by atoms with Gasteiger partial charge < -0.3 is 5.32 Å². The summed E-state index contributed by atoms with van der Waals surface area (Å²) in [5.41, 5.74) is 0.797. The molecule has 1 amide bonds. The summed E-state index contributed by atoms with van der Waals surface area (Å²) in [5, 5.41) is 8.01. The summed E-state index contributed by atoms with van der Waals surface area (Å²) in [6.45, 7) is 10.6. The molecule has 0 saturated carbocycles. The third-order valence-electron chi connectivity index (χ3n) is 6.76. The molecule has 1 aromatic carbocycles. The number of rotatable bonds is 8. The van der Waals surface area contributed by atoms with E-state index in [4.69, 9.17) is 17.3 Å². The van der Waals surface area contributed by atoms with Crippen molar-refractivity contribution in [1.29, 1.82) is 0 Å². The smallest absolute Gasteiger partial charge is 0.223 e. The van der Waals surface area contributed by atoms with Gasteiger partial charge in [-0.15, -0.1) is 0 Å². The quantitative estimate of drug-likeness (QED) is 0.584. The summed E-state index contributed by atoms with van der Waals surface area (Å²) < 4.78 is 17.8. The third kappa shape index (κ3) is 6.07. The van der Waals surface area contributed by atoms with Gasteiger partial charge in [0.1, 0.15) is 5.82 Å². The minimum Gasteiger partial charge on any atom is -0.353 e. The van der Waals surface area contributed by atoms with Gasteiger partial charge in [-0.05, 0) is 83.2 Å². The summed E-state index contributed by atoms with van der Waals surface area (Å²) in [4.78, 5) is 17.0. The molecular weight excluding hydrogens is 439 g/mol. The van der Waals surface area contributed by atoms with Gasteiger partial charge in [-0.1, -0.05) is 13.8 Å². The molecule has 2 heterocycles. The van der Waals surface area contributed by atoms with Crippen molar-refractivity contribution in [1.82, 2.24) is 29.5 Å². The Morgan fingerprint density at radius 3 is 2.33 bits per heavy atom. The molecule has 33 heavy (non-hydrogen) atoms. The molecule has 3 rings (SSSR count). The molecule has 1 aliphatic heterocycles. The summed E-state index contributed by atoms with van der Waals surface area (Å²) in [5.74, 6) is 1.17. The fourth-order valence-electron chi connectivity index (χ4n) is 3.89. The van der Waals surface area contributed by atoms with Crippen LogP contribution in [-0.2, 0) is 11.5 Å². The zero-order chi connectivity index (χ0) is 24.3. The molecule has 0 bridgehead atoms. The van der Waals surface area contributed by atoms with Crippen LogP contribution in [0.4, 0.5) is 4.39 Å².